The Morgan fingerprint density at radius 3 is 2.56 bits per heavy atom. The number of hydrogen-bond acceptors (Lipinski definition) is 2. The van der Waals surface area contributed by atoms with Crippen molar-refractivity contribution in [3.63, 3.8) is 0 Å². The lowest BCUT2D eigenvalue weighted by Gasteiger charge is -2.13. The number of nitrogens with two attached hydrogens (primary N) is 1. The first-order valence-corrected chi connectivity index (χ1v) is 4.21. The van der Waals surface area contributed by atoms with Crippen LogP contribution < -0.4 is 5.14 Å². The number of allylic oxidation sites excluding steroid dienone is 1. The molecule has 0 heterocycles. The summed E-state index contributed by atoms with van der Waals surface area (Å²) in [5.74, 6) is 2.26. The summed E-state index contributed by atoms with van der Waals surface area (Å²) in [6.07, 6.45) is 1.97. The van der Waals surface area contributed by atoms with Gasteiger partial charge in [-0.2, -0.15) is 0 Å². The van der Waals surface area contributed by atoms with Gasteiger partial charge in [0, 0.05) is 5.75 Å². The van der Waals surface area contributed by atoms with Gasteiger partial charge in [-0.15, -0.1) is 6.58 Å². The normalized spacial score (nSPS) is 16.8. The van der Waals surface area contributed by atoms with E-state index in [-0.39, 0.29) is 0 Å². The van der Waals surface area contributed by atoms with Crippen LogP contribution in [0, 0.1) is 11.8 Å². The zero-order valence-electron chi connectivity index (χ0n) is 6.13. The van der Waals surface area contributed by atoms with Gasteiger partial charge in [0.2, 0.25) is 0 Å². The molecule has 2 heteroatoms. The molecule has 0 spiro atoms. The molecule has 0 aromatic carbocycles. The first-order chi connectivity index (χ1) is 4.22. The zero-order chi connectivity index (χ0) is 7.28. The van der Waals surface area contributed by atoms with Crippen molar-refractivity contribution in [2.75, 3.05) is 5.75 Å². The third-order valence-electron chi connectivity index (χ3n) is 1.63. The Labute approximate surface area is 61.8 Å². The molecule has 1 nitrogen and oxygen atoms in total. The van der Waals surface area contributed by atoms with Crippen LogP contribution >= 0.6 is 11.9 Å². The molecule has 0 fully saturated rings. The Bertz CT molecular complexity index is 83.0. The molecule has 0 amide bonds. The second kappa shape index (κ2) is 4.89. The molecule has 1 unspecified atom stereocenters. The standard InChI is InChI=1S/C7H15NS/c1-4-6(2)7(3)5-9-8/h4,6-7H,1,5,8H2,2-3H3/t6-,7?/m0/s1. The van der Waals surface area contributed by atoms with E-state index in [1.165, 1.54) is 11.9 Å². The fourth-order valence-electron chi connectivity index (χ4n) is 0.536. The lowest BCUT2D eigenvalue weighted by molar-refractivity contribution is 0.514. The highest BCUT2D eigenvalue weighted by molar-refractivity contribution is 7.97. The van der Waals surface area contributed by atoms with E-state index in [2.05, 4.69) is 20.4 Å². The molecule has 0 aliphatic carbocycles. The van der Waals surface area contributed by atoms with Crippen LogP contribution in [0.15, 0.2) is 12.7 Å². The largest absolute Gasteiger partial charge is 0.278 e. The van der Waals surface area contributed by atoms with Crippen LogP contribution in [0.5, 0.6) is 0 Å². The number of hydrogen-bond donors (Lipinski definition) is 1. The van der Waals surface area contributed by atoms with E-state index >= 15 is 0 Å². The summed E-state index contributed by atoms with van der Waals surface area (Å²) < 4.78 is 0. The molecule has 0 saturated heterocycles. The molecule has 0 saturated carbocycles. The minimum Gasteiger partial charge on any atom is -0.278 e. The monoisotopic (exact) mass is 145 g/mol. The average Bonchev–Trinajstić information content (AvgIpc) is 1.87. The highest BCUT2D eigenvalue weighted by atomic mass is 32.2. The van der Waals surface area contributed by atoms with Gasteiger partial charge in [0.1, 0.15) is 0 Å². The summed E-state index contributed by atoms with van der Waals surface area (Å²) in [6, 6.07) is 0. The van der Waals surface area contributed by atoms with Crippen molar-refractivity contribution in [2.24, 2.45) is 17.0 Å². The predicted octanol–water partition coefficient (Wildman–Crippen LogP) is 2.05. The van der Waals surface area contributed by atoms with Gasteiger partial charge in [0.15, 0.2) is 0 Å². The van der Waals surface area contributed by atoms with Crippen molar-refractivity contribution < 1.29 is 0 Å². The fourth-order valence-corrected chi connectivity index (χ4v) is 1.14. The van der Waals surface area contributed by atoms with E-state index in [1.54, 1.807) is 0 Å². The van der Waals surface area contributed by atoms with Crippen LogP contribution in [0.3, 0.4) is 0 Å². The second-order valence-corrected chi connectivity index (χ2v) is 3.07. The van der Waals surface area contributed by atoms with Gasteiger partial charge in [-0.05, 0) is 11.8 Å². The summed E-state index contributed by atoms with van der Waals surface area (Å²) in [5, 5.41) is 5.30. The maximum absolute atomic E-state index is 5.30. The number of rotatable bonds is 4. The molecule has 2 N–H and O–H groups in total. The first kappa shape index (κ1) is 9.05. The third kappa shape index (κ3) is 3.60. The van der Waals surface area contributed by atoms with Crippen molar-refractivity contribution in [3.05, 3.63) is 12.7 Å². The fraction of sp³-hybridized carbons (Fsp3) is 0.714. The van der Waals surface area contributed by atoms with E-state index in [4.69, 9.17) is 5.14 Å². The topological polar surface area (TPSA) is 26.0 Å². The lowest BCUT2D eigenvalue weighted by Crippen LogP contribution is -2.08. The van der Waals surface area contributed by atoms with Crippen LogP contribution in [-0.4, -0.2) is 5.75 Å². The molecule has 0 aromatic heterocycles. The SMILES string of the molecule is C=C[C@H](C)C(C)CSN. The molecule has 0 rings (SSSR count). The van der Waals surface area contributed by atoms with Crippen LogP contribution in [0.25, 0.3) is 0 Å². The lowest BCUT2D eigenvalue weighted by atomic mass is 9.99. The van der Waals surface area contributed by atoms with E-state index in [9.17, 15) is 0 Å². The molecule has 2 atom stereocenters. The molecule has 0 aromatic rings. The third-order valence-corrected chi connectivity index (χ3v) is 2.35. The Balaban J connectivity index is 3.44. The van der Waals surface area contributed by atoms with E-state index in [0.29, 0.717) is 11.8 Å². The Morgan fingerprint density at radius 1 is 1.67 bits per heavy atom. The Hall–Kier alpha value is 0.0500. The van der Waals surface area contributed by atoms with Gasteiger partial charge >= 0.3 is 0 Å². The van der Waals surface area contributed by atoms with Crippen molar-refractivity contribution in [1.29, 1.82) is 0 Å². The first-order valence-electron chi connectivity index (χ1n) is 3.16. The smallest absolute Gasteiger partial charge is 0.0108 e. The molecule has 0 radical (unpaired) electrons. The van der Waals surface area contributed by atoms with Crippen LogP contribution in [-0.2, 0) is 0 Å². The molecular weight excluding hydrogens is 130 g/mol. The van der Waals surface area contributed by atoms with Crippen LogP contribution in [0.4, 0.5) is 0 Å². The predicted molar refractivity (Wildman–Crippen MR) is 45.2 cm³/mol. The molecule has 0 aliphatic rings. The van der Waals surface area contributed by atoms with E-state index in [0.717, 1.165) is 5.75 Å². The van der Waals surface area contributed by atoms with Crippen molar-refractivity contribution in [1.82, 2.24) is 0 Å². The Morgan fingerprint density at radius 2 is 2.22 bits per heavy atom. The summed E-state index contributed by atoms with van der Waals surface area (Å²) >= 11 is 1.41. The summed E-state index contributed by atoms with van der Waals surface area (Å²) in [6.45, 7) is 8.06. The van der Waals surface area contributed by atoms with Gasteiger partial charge in [-0.25, -0.2) is 0 Å². The maximum atomic E-state index is 5.30. The molecule has 0 bridgehead atoms. The zero-order valence-corrected chi connectivity index (χ0v) is 6.95. The van der Waals surface area contributed by atoms with E-state index < -0.39 is 0 Å². The summed E-state index contributed by atoms with van der Waals surface area (Å²) in [7, 11) is 0. The Kier molecular flexibility index (Phi) is 4.91. The minimum atomic E-state index is 0.584. The molecule has 54 valence electrons. The molecule has 0 aliphatic heterocycles. The highest BCUT2D eigenvalue weighted by Gasteiger charge is 2.06. The summed E-state index contributed by atoms with van der Waals surface area (Å²) in [5.41, 5.74) is 0. The van der Waals surface area contributed by atoms with Crippen LogP contribution in [0.2, 0.25) is 0 Å². The maximum Gasteiger partial charge on any atom is 0.0108 e. The quantitative estimate of drug-likeness (QED) is 0.484. The van der Waals surface area contributed by atoms with Gasteiger partial charge < -0.3 is 0 Å². The van der Waals surface area contributed by atoms with Crippen molar-refractivity contribution in [3.8, 4) is 0 Å². The van der Waals surface area contributed by atoms with Gasteiger partial charge in [-0.3, -0.25) is 5.14 Å². The van der Waals surface area contributed by atoms with Crippen LogP contribution in [0.1, 0.15) is 13.8 Å². The van der Waals surface area contributed by atoms with E-state index in [1.807, 2.05) is 6.08 Å². The van der Waals surface area contributed by atoms with Crippen molar-refractivity contribution in [2.45, 2.75) is 13.8 Å². The second-order valence-electron chi connectivity index (χ2n) is 2.41. The average molecular weight is 145 g/mol. The summed E-state index contributed by atoms with van der Waals surface area (Å²) in [4.78, 5) is 0. The van der Waals surface area contributed by atoms with Crippen molar-refractivity contribution >= 4 is 11.9 Å². The van der Waals surface area contributed by atoms with Gasteiger partial charge in [0.05, 0.1) is 0 Å². The highest BCUT2D eigenvalue weighted by Crippen LogP contribution is 2.14. The van der Waals surface area contributed by atoms with Gasteiger partial charge in [0.25, 0.3) is 0 Å². The molecule has 9 heavy (non-hydrogen) atoms. The molecular formula is C7H15NS. The van der Waals surface area contributed by atoms with Gasteiger partial charge in [-0.1, -0.05) is 31.9 Å². The minimum absolute atomic E-state index is 0.584.